The van der Waals surface area contributed by atoms with Crippen LogP contribution in [0.3, 0.4) is 0 Å². The molecular weight excluding hydrogens is 719 g/mol. The highest BCUT2D eigenvalue weighted by atomic mass is 16.7. The average molecular weight is 772 g/mol. The van der Waals surface area contributed by atoms with Gasteiger partial charge in [-0.25, -0.2) is 9.59 Å². The minimum absolute atomic E-state index is 0.0161. The van der Waals surface area contributed by atoms with E-state index in [1.807, 2.05) is 147 Å². The monoisotopic (exact) mass is 771 g/mol. The molecule has 1 aliphatic rings. The first-order valence-corrected chi connectivity index (χ1v) is 19.4. The number of aliphatic hydroxyl groups is 2. The summed E-state index contributed by atoms with van der Waals surface area (Å²) in [6, 6.07) is 41.6. The Bertz CT molecular complexity index is 2030. The number of nitrogens with zero attached hydrogens (tertiary/aromatic N) is 1. The fourth-order valence-electron chi connectivity index (χ4n) is 7.22. The molecular formula is C47H53N3O7. The van der Waals surface area contributed by atoms with Gasteiger partial charge < -0.3 is 35.1 Å². The maximum atomic E-state index is 12.9. The van der Waals surface area contributed by atoms with E-state index in [-0.39, 0.29) is 37.3 Å². The van der Waals surface area contributed by atoms with E-state index in [1.165, 1.54) is 7.11 Å². The van der Waals surface area contributed by atoms with Gasteiger partial charge in [0.25, 0.3) is 0 Å². The maximum Gasteiger partial charge on any atom is 0.328 e. The summed E-state index contributed by atoms with van der Waals surface area (Å²) in [6.07, 6.45) is -1.48. The lowest BCUT2D eigenvalue weighted by Crippen LogP contribution is -2.47. The molecule has 0 aliphatic carbocycles. The molecule has 0 spiro atoms. The van der Waals surface area contributed by atoms with Crippen molar-refractivity contribution >= 4 is 12.0 Å². The Labute approximate surface area is 335 Å². The molecule has 2 amide bonds. The second-order valence-electron chi connectivity index (χ2n) is 14.8. The molecule has 5 aromatic carbocycles. The number of amides is 2. The zero-order chi connectivity index (χ0) is 40.3. The summed E-state index contributed by atoms with van der Waals surface area (Å²) in [4.78, 5) is 27.4. The van der Waals surface area contributed by atoms with Crippen molar-refractivity contribution in [2.24, 2.45) is 5.92 Å². The summed E-state index contributed by atoms with van der Waals surface area (Å²) in [5.41, 5.74) is 7.35. The first-order chi connectivity index (χ1) is 27.6. The van der Waals surface area contributed by atoms with E-state index in [1.54, 1.807) is 0 Å². The van der Waals surface area contributed by atoms with Crippen molar-refractivity contribution in [2.75, 3.05) is 20.7 Å². The number of carbonyl (C=O) groups excluding carboxylic acids is 2. The molecule has 1 aliphatic heterocycles. The second kappa shape index (κ2) is 19.7. The van der Waals surface area contributed by atoms with E-state index < -0.39 is 30.4 Å². The van der Waals surface area contributed by atoms with Crippen LogP contribution >= 0.6 is 0 Å². The summed E-state index contributed by atoms with van der Waals surface area (Å²) >= 11 is 0. The van der Waals surface area contributed by atoms with E-state index in [9.17, 15) is 19.8 Å². The van der Waals surface area contributed by atoms with E-state index in [0.29, 0.717) is 13.0 Å². The number of esters is 1. The summed E-state index contributed by atoms with van der Waals surface area (Å²) < 4.78 is 18.4. The van der Waals surface area contributed by atoms with Gasteiger partial charge in [-0.3, -0.25) is 4.90 Å². The largest absolute Gasteiger partial charge is 0.467 e. The minimum atomic E-state index is -0.822. The number of carbonyl (C=O) groups is 2. The lowest BCUT2D eigenvalue weighted by Gasteiger charge is -2.43. The fraction of sp³-hybridized carbons (Fsp3) is 0.319. The number of aliphatic hydroxyl groups excluding tert-OH is 2. The van der Waals surface area contributed by atoms with Crippen LogP contribution in [-0.4, -0.2) is 66.0 Å². The quantitative estimate of drug-likeness (QED) is 0.0819. The highest BCUT2D eigenvalue weighted by Gasteiger charge is 2.39. The van der Waals surface area contributed by atoms with Gasteiger partial charge in [-0.15, -0.1) is 0 Å². The second-order valence-corrected chi connectivity index (χ2v) is 14.8. The van der Waals surface area contributed by atoms with Gasteiger partial charge in [0.05, 0.1) is 32.0 Å². The number of ether oxygens (including phenoxy) is 3. The van der Waals surface area contributed by atoms with Crippen molar-refractivity contribution in [3.8, 4) is 11.1 Å². The number of likely N-dealkylation sites (N-methyl/N-ethyl adjacent to an activating group) is 1. The van der Waals surface area contributed by atoms with Crippen LogP contribution in [0.1, 0.15) is 65.7 Å². The van der Waals surface area contributed by atoms with Gasteiger partial charge >= 0.3 is 12.0 Å². The van der Waals surface area contributed by atoms with Crippen LogP contribution in [-0.2, 0) is 38.6 Å². The smallest absolute Gasteiger partial charge is 0.328 e. The Balaban J connectivity index is 1.13. The highest BCUT2D eigenvalue weighted by molar-refractivity contribution is 5.83. The molecule has 1 saturated heterocycles. The molecule has 0 aromatic heterocycles. The Morgan fingerprint density at radius 2 is 1.44 bits per heavy atom. The standard InChI is InChI=1S/C47H53N3O7/c1-31-42(29-50(3)32(2)43(52)37-15-9-6-10-16-37)56-46(57-44(31)38-20-18-34(30-51)19-21-38)39-24-22-36(23-25-39)40-17-11-14-35(26-40)28-48-47(54)49-41(45(53)55-4)27-33-12-7-5-8-13-33/h5-26,31-32,41-44,46,51-52H,27-30H2,1-4H3,(H2,48,49,54). The van der Waals surface area contributed by atoms with Crippen molar-refractivity contribution < 1.29 is 34.0 Å². The average Bonchev–Trinajstić information content (AvgIpc) is 3.26. The van der Waals surface area contributed by atoms with Crippen LogP contribution in [0.15, 0.2) is 133 Å². The van der Waals surface area contributed by atoms with Gasteiger partial charge in [-0.2, -0.15) is 0 Å². The molecule has 298 valence electrons. The molecule has 4 N–H and O–H groups in total. The van der Waals surface area contributed by atoms with E-state index in [4.69, 9.17) is 14.2 Å². The Kier molecular flexibility index (Phi) is 14.2. The normalized spacial score (nSPS) is 19.6. The highest BCUT2D eigenvalue weighted by Crippen LogP contribution is 2.42. The van der Waals surface area contributed by atoms with E-state index >= 15 is 0 Å². The molecule has 7 atom stereocenters. The molecule has 1 heterocycles. The van der Waals surface area contributed by atoms with Crippen molar-refractivity contribution in [2.45, 2.75) is 70.1 Å². The molecule has 57 heavy (non-hydrogen) atoms. The SMILES string of the molecule is COC(=O)C(Cc1ccccc1)NC(=O)NCc1cccc(-c2ccc(C3OC(CN(C)C(C)C(O)c4ccccc4)C(C)C(c4ccc(CO)cc4)O3)cc2)c1. The molecule has 0 saturated carbocycles. The Morgan fingerprint density at radius 1 is 0.789 bits per heavy atom. The fourth-order valence-corrected chi connectivity index (χ4v) is 7.22. The summed E-state index contributed by atoms with van der Waals surface area (Å²) in [5, 5.41) is 26.5. The third-order valence-electron chi connectivity index (χ3n) is 10.9. The van der Waals surface area contributed by atoms with Gasteiger partial charge in [-0.1, -0.05) is 134 Å². The Hall–Kier alpha value is -5.36. The van der Waals surface area contributed by atoms with Gasteiger partial charge in [0.2, 0.25) is 0 Å². The molecule has 0 radical (unpaired) electrons. The van der Waals surface area contributed by atoms with Crippen molar-refractivity contribution in [1.82, 2.24) is 15.5 Å². The van der Waals surface area contributed by atoms with Gasteiger partial charge in [0, 0.05) is 37.0 Å². The molecule has 0 bridgehead atoms. The first kappa shape index (κ1) is 41.3. The third kappa shape index (κ3) is 10.7. The lowest BCUT2D eigenvalue weighted by atomic mass is 9.89. The number of nitrogens with one attached hydrogen (secondary N) is 2. The number of benzene rings is 5. The van der Waals surface area contributed by atoms with Crippen molar-refractivity contribution in [3.63, 3.8) is 0 Å². The lowest BCUT2D eigenvalue weighted by molar-refractivity contribution is -0.276. The molecule has 5 aromatic rings. The third-order valence-corrected chi connectivity index (χ3v) is 10.9. The van der Waals surface area contributed by atoms with E-state index in [0.717, 1.165) is 44.5 Å². The molecule has 1 fully saturated rings. The van der Waals surface area contributed by atoms with Crippen molar-refractivity contribution in [3.05, 3.63) is 167 Å². The number of urea groups is 1. The van der Waals surface area contributed by atoms with Crippen LogP contribution < -0.4 is 10.6 Å². The number of hydrogen-bond donors (Lipinski definition) is 4. The topological polar surface area (TPSA) is 130 Å². The zero-order valence-corrected chi connectivity index (χ0v) is 33.0. The number of hydrogen-bond acceptors (Lipinski definition) is 8. The van der Waals surface area contributed by atoms with Crippen LogP contribution in [0.5, 0.6) is 0 Å². The van der Waals surface area contributed by atoms with Crippen LogP contribution in [0, 0.1) is 5.92 Å². The minimum Gasteiger partial charge on any atom is -0.467 e. The zero-order valence-electron chi connectivity index (χ0n) is 33.0. The van der Waals surface area contributed by atoms with Gasteiger partial charge in [0.15, 0.2) is 6.29 Å². The van der Waals surface area contributed by atoms with Gasteiger partial charge in [-0.05, 0) is 59.0 Å². The number of rotatable bonds is 15. The summed E-state index contributed by atoms with van der Waals surface area (Å²) in [5.74, 6) is -0.529. The van der Waals surface area contributed by atoms with Crippen LogP contribution in [0.25, 0.3) is 11.1 Å². The van der Waals surface area contributed by atoms with Crippen LogP contribution in [0.2, 0.25) is 0 Å². The molecule has 10 nitrogen and oxygen atoms in total. The molecule has 10 heteroatoms. The van der Waals surface area contributed by atoms with Crippen molar-refractivity contribution in [1.29, 1.82) is 0 Å². The Morgan fingerprint density at radius 3 is 2.11 bits per heavy atom. The first-order valence-electron chi connectivity index (χ1n) is 19.4. The predicted octanol–water partition coefficient (Wildman–Crippen LogP) is 7.27. The predicted molar refractivity (Wildman–Crippen MR) is 220 cm³/mol. The maximum absolute atomic E-state index is 12.9. The molecule has 7 unspecified atom stereocenters. The van der Waals surface area contributed by atoms with Crippen LogP contribution in [0.4, 0.5) is 4.79 Å². The molecule has 6 rings (SSSR count). The number of methoxy groups -OCH3 is 1. The van der Waals surface area contributed by atoms with Gasteiger partial charge in [0.1, 0.15) is 6.04 Å². The summed E-state index contributed by atoms with van der Waals surface area (Å²) in [7, 11) is 3.32. The summed E-state index contributed by atoms with van der Waals surface area (Å²) in [6.45, 7) is 4.96. The van der Waals surface area contributed by atoms with E-state index in [2.05, 4.69) is 22.5 Å².